The molecule has 0 atom stereocenters. The molecule has 1 amide bonds. The Bertz CT molecular complexity index is 1410. The average molecular weight is 491 g/mol. The van der Waals surface area contributed by atoms with E-state index in [2.05, 4.69) is 15.3 Å². The normalized spacial score (nSPS) is 15.2. The van der Waals surface area contributed by atoms with Crippen LogP contribution in [0, 0.1) is 0 Å². The zero-order valence-electron chi connectivity index (χ0n) is 19.3. The van der Waals surface area contributed by atoms with Gasteiger partial charge in [0.1, 0.15) is 11.6 Å². The molecule has 0 bridgehead atoms. The maximum atomic E-state index is 13.2. The number of piperidine rings is 1. The Hall–Kier alpha value is -3.69. The van der Waals surface area contributed by atoms with Crippen molar-refractivity contribution < 1.29 is 17.9 Å². The number of imidazole rings is 1. The minimum Gasteiger partial charge on any atom is -0.497 e. The molecule has 1 saturated heterocycles. The summed E-state index contributed by atoms with van der Waals surface area (Å²) >= 11 is 0. The molecule has 3 aromatic carbocycles. The van der Waals surface area contributed by atoms with Crippen molar-refractivity contribution in [2.45, 2.75) is 23.7 Å². The molecule has 4 aromatic rings. The molecule has 1 aliphatic heterocycles. The van der Waals surface area contributed by atoms with E-state index in [9.17, 15) is 13.2 Å². The van der Waals surface area contributed by atoms with Crippen molar-refractivity contribution in [1.82, 2.24) is 14.3 Å². The molecule has 1 aromatic heterocycles. The first-order valence-electron chi connectivity index (χ1n) is 11.4. The molecule has 8 nitrogen and oxygen atoms in total. The van der Waals surface area contributed by atoms with Crippen LogP contribution in [0.1, 0.15) is 34.9 Å². The molecule has 0 spiro atoms. The molecule has 0 saturated carbocycles. The lowest BCUT2D eigenvalue weighted by Crippen LogP contribution is -2.38. The number of carbonyl (C=O) groups is 1. The van der Waals surface area contributed by atoms with Gasteiger partial charge in [-0.2, -0.15) is 4.31 Å². The van der Waals surface area contributed by atoms with Crippen molar-refractivity contribution in [3.05, 3.63) is 84.2 Å². The largest absolute Gasteiger partial charge is 0.497 e. The number of amides is 1. The zero-order valence-corrected chi connectivity index (χ0v) is 20.1. The van der Waals surface area contributed by atoms with E-state index in [1.54, 1.807) is 43.5 Å². The van der Waals surface area contributed by atoms with Gasteiger partial charge in [-0.25, -0.2) is 13.4 Å². The number of H-pyrrole nitrogens is 1. The van der Waals surface area contributed by atoms with Gasteiger partial charge in [-0.3, -0.25) is 4.79 Å². The molecule has 180 valence electrons. The lowest BCUT2D eigenvalue weighted by molar-refractivity contribution is 0.102. The number of carbonyl (C=O) groups excluding carboxylic acids is 1. The number of sulfonamides is 1. The number of nitrogens with one attached hydrogen (secondary N) is 2. The molecule has 0 radical (unpaired) electrons. The number of nitrogens with zero attached hydrogens (tertiary/aromatic N) is 2. The van der Waals surface area contributed by atoms with Crippen LogP contribution in [0.25, 0.3) is 11.0 Å². The van der Waals surface area contributed by atoms with E-state index in [0.717, 1.165) is 16.9 Å². The molecule has 1 fully saturated rings. The third-order valence-electron chi connectivity index (χ3n) is 6.35. The lowest BCUT2D eigenvalue weighted by atomic mass is 9.97. The molecule has 0 unspecified atom stereocenters. The smallest absolute Gasteiger partial charge is 0.255 e. The summed E-state index contributed by atoms with van der Waals surface area (Å²) < 4.78 is 33.0. The molecular weight excluding hydrogens is 464 g/mol. The molecule has 0 aliphatic carbocycles. The lowest BCUT2D eigenvalue weighted by Gasteiger charge is -2.30. The van der Waals surface area contributed by atoms with Gasteiger partial charge in [-0.05, 0) is 73.5 Å². The van der Waals surface area contributed by atoms with Gasteiger partial charge in [0.2, 0.25) is 10.0 Å². The Balaban J connectivity index is 1.22. The highest BCUT2D eigenvalue weighted by molar-refractivity contribution is 7.89. The molecule has 5 rings (SSSR count). The molecule has 9 heteroatoms. The standard InChI is InChI=1S/C26H26N4O4S/c1-34-21-10-6-19(7-11-21)26(31)27-20-8-12-22(13-9-20)35(32,33)30-16-14-18(15-17-30)25-28-23-4-2-3-5-24(23)29-25/h2-13,18H,14-17H2,1H3,(H,27,31)(H,28,29). The van der Waals surface area contributed by atoms with E-state index in [-0.39, 0.29) is 16.7 Å². The van der Waals surface area contributed by atoms with Crippen molar-refractivity contribution in [3.8, 4) is 5.75 Å². The van der Waals surface area contributed by atoms with Crippen LogP contribution < -0.4 is 10.1 Å². The minimum atomic E-state index is -3.62. The Morgan fingerprint density at radius 3 is 2.34 bits per heavy atom. The minimum absolute atomic E-state index is 0.199. The van der Waals surface area contributed by atoms with E-state index in [0.29, 0.717) is 42.9 Å². The van der Waals surface area contributed by atoms with Crippen LogP contribution >= 0.6 is 0 Å². The molecule has 35 heavy (non-hydrogen) atoms. The third-order valence-corrected chi connectivity index (χ3v) is 8.26. The number of benzene rings is 3. The van der Waals surface area contributed by atoms with E-state index in [1.165, 1.54) is 16.4 Å². The first kappa shape index (κ1) is 23.1. The number of fused-ring (bicyclic) bond motifs is 1. The Morgan fingerprint density at radius 2 is 1.69 bits per heavy atom. The second-order valence-electron chi connectivity index (χ2n) is 8.52. The number of methoxy groups -OCH3 is 1. The van der Waals surface area contributed by atoms with E-state index in [1.807, 2.05) is 24.3 Å². The van der Waals surface area contributed by atoms with Crippen LogP contribution in [-0.4, -0.2) is 48.8 Å². The van der Waals surface area contributed by atoms with Gasteiger partial charge in [-0.15, -0.1) is 0 Å². The van der Waals surface area contributed by atoms with Crippen LogP contribution in [0.15, 0.2) is 77.7 Å². The summed E-state index contributed by atoms with van der Waals surface area (Å²) in [6, 6.07) is 20.9. The van der Waals surface area contributed by atoms with Gasteiger partial charge in [0.15, 0.2) is 0 Å². The van der Waals surface area contributed by atoms with Crippen LogP contribution in [0.5, 0.6) is 5.75 Å². The van der Waals surface area contributed by atoms with Crippen molar-refractivity contribution in [2.24, 2.45) is 0 Å². The first-order chi connectivity index (χ1) is 16.9. The number of rotatable bonds is 6. The number of hydrogen-bond donors (Lipinski definition) is 2. The van der Waals surface area contributed by atoms with Crippen molar-refractivity contribution in [1.29, 1.82) is 0 Å². The second kappa shape index (κ2) is 9.52. The van der Waals surface area contributed by atoms with Crippen LogP contribution in [-0.2, 0) is 10.0 Å². The fraction of sp³-hybridized carbons (Fsp3) is 0.231. The van der Waals surface area contributed by atoms with Gasteiger partial charge in [0.25, 0.3) is 5.91 Å². The highest BCUT2D eigenvalue weighted by atomic mass is 32.2. The summed E-state index contributed by atoms with van der Waals surface area (Å²) in [5.74, 6) is 1.50. The number of hydrogen-bond acceptors (Lipinski definition) is 5. The predicted molar refractivity (Wildman–Crippen MR) is 134 cm³/mol. The van der Waals surface area contributed by atoms with Gasteiger partial charge >= 0.3 is 0 Å². The molecular formula is C26H26N4O4S. The van der Waals surface area contributed by atoms with E-state index >= 15 is 0 Å². The maximum absolute atomic E-state index is 13.2. The van der Waals surface area contributed by atoms with Crippen molar-refractivity contribution in [2.75, 3.05) is 25.5 Å². The van der Waals surface area contributed by atoms with Crippen LogP contribution in [0.3, 0.4) is 0 Å². The number of aromatic amines is 1. The molecule has 2 heterocycles. The summed E-state index contributed by atoms with van der Waals surface area (Å²) in [6.07, 6.45) is 1.41. The zero-order chi connectivity index (χ0) is 24.4. The van der Waals surface area contributed by atoms with Gasteiger partial charge in [0, 0.05) is 30.3 Å². The summed E-state index contributed by atoms with van der Waals surface area (Å²) in [7, 11) is -2.06. The van der Waals surface area contributed by atoms with Crippen LogP contribution in [0.2, 0.25) is 0 Å². The third kappa shape index (κ3) is 4.78. The van der Waals surface area contributed by atoms with Gasteiger partial charge < -0.3 is 15.0 Å². The molecule has 2 N–H and O–H groups in total. The average Bonchev–Trinajstić information content (AvgIpc) is 3.33. The highest BCUT2D eigenvalue weighted by Crippen LogP contribution is 2.30. The highest BCUT2D eigenvalue weighted by Gasteiger charge is 2.31. The van der Waals surface area contributed by atoms with Gasteiger partial charge in [-0.1, -0.05) is 12.1 Å². The van der Waals surface area contributed by atoms with Gasteiger partial charge in [0.05, 0.1) is 23.0 Å². The van der Waals surface area contributed by atoms with Crippen molar-refractivity contribution in [3.63, 3.8) is 0 Å². The van der Waals surface area contributed by atoms with Crippen molar-refractivity contribution >= 4 is 32.7 Å². The summed E-state index contributed by atoms with van der Waals surface area (Å²) in [4.78, 5) is 20.7. The van der Waals surface area contributed by atoms with E-state index < -0.39 is 10.0 Å². The Morgan fingerprint density at radius 1 is 1.00 bits per heavy atom. The SMILES string of the molecule is COc1ccc(C(=O)Nc2ccc(S(=O)(=O)N3CCC(c4nc5ccccc5[nH]4)CC3)cc2)cc1. The second-order valence-corrected chi connectivity index (χ2v) is 10.5. The fourth-order valence-electron chi connectivity index (χ4n) is 4.34. The number of anilines is 1. The summed E-state index contributed by atoms with van der Waals surface area (Å²) in [5, 5.41) is 2.79. The Labute approximate surface area is 204 Å². The summed E-state index contributed by atoms with van der Waals surface area (Å²) in [5.41, 5.74) is 2.93. The summed E-state index contributed by atoms with van der Waals surface area (Å²) in [6.45, 7) is 0.861. The van der Waals surface area contributed by atoms with E-state index in [4.69, 9.17) is 4.74 Å². The number of ether oxygens (including phenoxy) is 1. The fourth-order valence-corrected chi connectivity index (χ4v) is 5.81. The number of aromatic nitrogens is 2. The monoisotopic (exact) mass is 490 g/mol. The molecule has 1 aliphatic rings. The maximum Gasteiger partial charge on any atom is 0.255 e. The predicted octanol–water partition coefficient (Wildman–Crippen LogP) is 4.39. The van der Waals surface area contributed by atoms with Crippen LogP contribution in [0.4, 0.5) is 5.69 Å². The number of para-hydroxylation sites is 2. The topological polar surface area (TPSA) is 104 Å². The first-order valence-corrected chi connectivity index (χ1v) is 12.9. The Kier molecular flexibility index (Phi) is 6.27. The quantitative estimate of drug-likeness (QED) is 0.417.